The summed E-state index contributed by atoms with van der Waals surface area (Å²) < 4.78 is 62.4. The van der Waals surface area contributed by atoms with Crippen LogP contribution in [0.1, 0.15) is 17.3 Å². The Bertz CT molecular complexity index is 608. The van der Waals surface area contributed by atoms with Crippen LogP contribution in [0.5, 0.6) is 0 Å². The number of aliphatic hydroxyl groups is 1. The minimum atomic E-state index is -9.78. The molecule has 0 spiro atoms. The third-order valence-corrected chi connectivity index (χ3v) is 3.68. The van der Waals surface area contributed by atoms with Crippen LogP contribution in [0.4, 0.5) is 19.4 Å². The van der Waals surface area contributed by atoms with Crippen LogP contribution >= 0.6 is 10.2 Å². The molecule has 118 valence electrons. The van der Waals surface area contributed by atoms with Gasteiger partial charge in [0.2, 0.25) is 0 Å². The quantitative estimate of drug-likeness (QED) is 0.832. The molecule has 0 heterocycles. The number of carbonyl (C=O) groups excluding carboxylic acids is 1. The first-order chi connectivity index (χ1) is 9.20. The predicted octanol–water partition coefficient (Wildman–Crippen LogP) is 3.35. The van der Waals surface area contributed by atoms with Gasteiger partial charge in [-0.25, -0.2) is 0 Å². The minimum Gasteiger partial charge on any atom is -0.393 e. The summed E-state index contributed by atoms with van der Waals surface area (Å²) in [4.78, 5) is 9.55. The van der Waals surface area contributed by atoms with E-state index in [0.717, 1.165) is 0 Å². The maximum Gasteiger partial charge on any atom is 0.310 e. The summed E-state index contributed by atoms with van der Waals surface area (Å²) in [7, 11) is -9.78. The maximum absolute atomic E-state index is 12.5. The molecule has 1 aromatic carbocycles. The molecule has 0 aliphatic rings. The van der Waals surface area contributed by atoms with E-state index in [1.807, 2.05) is 0 Å². The lowest BCUT2D eigenvalue weighted by molar-refractivity contribution is 0.0893. The zero-order valence-corrected chi connectivity index (χ0v) is 11.4. The van der Waals surface area contributed by atoms with Crippen molar-refractivity contribution in [2.75, 3.05) is 6.61 Å². The molecule has 4 nitrogen and oxygen atoms in total. The first-order valence-corrected chi connectivity index (χ1v) is 7.35. The predicted molar refractivity (Wildman–Crippen MR) is 66.4 cm³/mol. The molecule has 2 N–H and O–H groups in total. The highest BCUT2D eigenvalue weighted by atomic mass is 32.5. The highest BCUT2D eigenvalue weighted by Crippen LogP contribution is 3.02. The van der Waals surface area contributed by atoms with Gasteiger partial charge in [-0.2, -0.15) is 5.26 Å². The lowest BCUT2D eigenvalue weighted by Crippen LogP contribution is -2.47. The number of carbonyl (C=O) groups is 1. The number of halogens is 5. The Kier molecular flexibility index (Phi) is 3.53. The zero-order chi connectivity index (χ0) is 16.6. The summed E-state index contributed by atoms with van der Waals surface area (Å²) >= 11 is 0. The SMILES string of the molecule is CC(C#N)(CO)NC(=O)c1ccc(S(F)(F)(F)(F)F)cc1. The Hall–Kier alpha value is -1.86. The molecule has 0 saturated heterocycles. The fourth-order valence-corrected chi connectivity index (χ4v) is 1.94. The van der Waals surface area contributed by atoms with Crippen LogP contribution in [0.2, 0.25) is 0 Å². The van der Waals surface area contributed by atoms with E-state index in [-0.39, 0.29) is 17.7 Å². The molecule has 10 heteroatoms. The van der Waals surface area contributed by atoms with Gasteiger partial charge in [-0.05, 0) is 31.2 Å². The van der Waals surface area contributed by atoms with Crippen molar-refractivity contribution >= 4 is 16.1 Å². The Morgan fingerprint density at radius 1 is 1.29 bits per heavy atom. The van der Waals surface area contributed by atoms with Crippen molar-refractivity contribution in [1.29, 1.82) is 5.26 Å². The second-order valence-electron chi connectivity index (χ2n) is 4.55. The number of hydrogen-bond donors (Lipinski definition) is 2. The van der Waals surface area contributed by atoms with Crippen LogP contribution in [-0.4, -0.2) is 23.2 Å². The Morgan fingerprint density at radius 3 is 2.10 bits per heavy atom. The molecule has 1 unspecified atom stereocenters. The summed E-state index contributed by atoms with van der Waals surface area (Å²) in [5.41, 5.74) is -1.98. The number of benzene rings is 1. The number of nitrogens with one attached hydrogen (secondary N) is 1. The summed E-state index contributed by atoms with van der Waals surface area (Å²) in [6.07, 6.45) is 0. The number of rotatable bonds is 4. The number of nitriles is 1. The third kappa shape index (κ3) is 4.30. The highest BCUT2D eigenvalue weighted by Gasteiger charge is 2.65. The lowest BCUT2D eigenvalue weighted by atomic mass is 10.1. The van der Waals surface area contributed by atoms with Crippen molar-refractivity contribution in [2.24, 2.45) is 0 Å². The zero-order valence-electron chi connectivity index (χ0n) is 10.6. The van der Waals surface area contributed by atoms with Gasteiger partial charge in [0.05, 0.1) is 12.7 Å². The van der Waals surface area contributed by atoms with Crippen LogP contribution < -0.4 is 5.32 Å². The van der Waals surface area contributed by atoms with E-state index in [0.29, 0.717) is 12.1 Å². The standard InChI is InChI=1S/C11H11F5N2O2S/c1-11(6-17,7-19)18-10(20)8-2-4-9(5-3-8)21(12,13,14,15)16/h2-5,19H,7H2,1H3,(H,18,20). The van der Waals surface area contributed by atoms with Crippen LogP contribution in [0.3, 0.4) is 0 Å². The van der Waals surface area contributed by atoms with E-state index >= 15 is 0 Å². The van der Waals surface area contributed by atoms with Crippen molar-refractivity contribution in [3.8, 4) is 6.07 Å². The second-order valence-corrected chi connectivity index (χ2v) is 6.96. The van der Waals surface area contributed by atoms with Crippen LogP contribution in [0, 0.1) is 11.3 Å². The highest BCUT2D eigenvalue weighted by molar-refractivity contribution is 8.45. The summed E-state index contributed by atoms with van der Waals surface area (Å²) in [6.45, 7) is 0.465. The van der Waals surface area contributed by atoms with E-state index in [9.17, 15) is 24.2 Å². The smallest absolute Gasteiger partial charge is 0.310 e. The molecule has 1 aromatic rings. The number of nitrogens with zero attached hydrogens (tertiary/aromatic N) is 1. The van der Waals surface area contributed by atoms with E-state index in [1.54, 1.807) is 6.07 Å². The molecule has 1 amide bonds. The van der Waals surface area contributed by atoms with Crippen molar-refractivity contribution in [3.05, 3.63) is 29.8 Å². The molecule has 0 aliphatic heterocycles. The number of amides is 1. The first kappa shape index (κ1) is 17.2. The molecule has 0 radical (unpaired) electrons. The molecule has 1 rings (SSSR count). The molecule has 21 heavy (non-hydrogen) atoms. The molecule has 0 aromatic heterocycles. The molecular weight excluding hydrogens is 319 g/mol. The second kappa shape index (κ2) is 4.32. The fourth-order valence-electron chi connectivity index (χ4n) is 1.29. The molecule has 0 bridgehead atoms. The van der Waals surface area contributed by atoms with Crippen LogP contribution in [0.25, 0.3) is 0 Å². The van der Waals surface area contributed by atoms with Crippen LogP contribution in [-0.2, 0) is 0 Å². The van der Waals surface area contributed by atoms with Crippen molar-refractivity contribution in [3.63, 3.8) is 0 Å². The summed E-state index contributed by atoms with van der Waals surface area (Å²) in [5.74, 6) is -0.971. The average Bonchev–Trinajstić information content (AvgIpc) is 2.36. The Balaban J connectivity index is 3.06. The van der Waals surface area contributed by atoms with Gasteiger partial charge in [0.15, 0.2) is 0 Å². The maximum atomic E-state index is 12.5. The van der Waals surface area contributed by atoms with Gasteiger partial charge in [0, 0.05) is 5.56 Å². The van der Waals surface area contributed by atoms with Gasteiger partial charge < -0.3 is 10.4 Å². The van der Waals surface area contributed by atoms with E-state index in [1.165, 1.54) is 6.92 Å². The van der Waals surface area contributed by atoms with E-state index in [2.05, 4.69) is 5.32 Å². The molecule has 0 aliphatic carbocycles. The normalized spacial score (nSPS) is 17.8. The molecular formula is C11H11F5N2O2S. The van der Waals surface area contributed by atoms with Gasteiger partial charge in [0.25, 0.3) is 5.91 Å². The average molecular weight is 330 g/mol. The van der Waals surface area contributed by atoms with Gasteiger partial charge in [-0.3, -0.25) is 4.79 Å². The monoisotopic (exact) mass is 330 g/mol. The minimum absolute atomic E-state index is 0.0964. The Morgan fingerprint density at radius 2 is 1.76 bits per heavy atom. The van der Waals surface area contributed by atoms with Crippen molar-refractivity contribution in [1.82, 2.24) is 5.32 Å². The first-order valence-electron chi connectivity index (χ1n) is 5.39. The number of hydrogen-bond acceptors (Lipinski definition) is 3. The molecule has 1 atom stereocenters. The lowest BCUT2D eigenvalue weighted by Gasteiger charge is -2.40. The van der Waals surface area contributed by atoms with Gasteiger partial charge in [-0.1, -0.05) is 19.4 Å². The largest absolute Gasteiger partial charge is 0.393 e. The van der Waals surface area contributed by atoms with Gasteiger partial charge >= 0.3 is 10.2 Å². The van der Waals surface area contributed by atoms with Gasteiger partial charge in [-0.15, -0.1) is 0 Å². The number of aliphatic hydroxyl groups excluding tert-OH is 1. The summed E-state index contributed by atoms with van der Waals surface area (Å²) in [6, 6.07) is 2.93. The Labute approximate surface area is 116 Å². The van der Waals surface area contributed by atoms with E-state index < -0.39 is 33.2 Å². The topological polar surface area (TPSA) is 73.1 Å². The molecule has 0 fully saturated rings. The third-order valence-electron chi connectivity index (χ3n) is 2.51. The van der Waals surface area contributed by atoms with Crippen molar-refractivity contribution < 1.29 is 29.3 Å². The molecule has 0 saturated carbocycles. The van der Waals surface area contributed by atoms with Gasteiger partial charge in [0.1, 0.15) is 10.4 Å². The summed E-state index contributed by atoms with van der Waals surface area (Å²) in [5, 5.41) is 19.7. The van der Waals surface area contributed by atoms with E-state index in [4.69, 9.17) is 10.4 Å². The van der Waals surface area contributed by atoms with Crippen molar-refractivity contribution in [2.45, 2.75) is 17.4 Å². The fraction of sp³-hybridized carbons (Fsp3) is 0.273. The van der Waals surface area contributed by atoms with Crippen LogP contribution in [0.15, 0.2) is 29.2 Å².